The zero-order chi connectivity index (χ0) is 11.3. The first-order chi connectivity index (χ1) is 7.19. The molecule has 1 aromatic rings. The van der Waals surface area contributed by atoms with E-state index in [9.17, 15) is 0 Å². The maximum Gasteiger partial charge on any atom is 0.318 e. The molecule has 15 heavy (non-hydrogen) atoms. The third kappa shape index (κ3) is 3.20. The minimum atomic E-state index is -0.198. The minimum Gasteiger partial charge on any atom is -0.406 e. The molecule has 1 rings (SSSR count). The molecule has 0 amide bonds. The molecule has 0 spiro atoms. The molecule has 0 saturated heterocycles. The van der Waals surface area contributed by atoms with Gasteiger partial charge in [0.05, 0.1) is 6.04 Å². The lowest BCUT2D eigenvalue weighted by atomic mass is 10.4. The molecule has 86 valence electrons. The molecule has 5 heteroatoms. The summed E-state index contributed by atoms with van der Waals surface area (Å²) in [5.41, 5.74) is 5.66. The van der Waals surface area contributed by atoms with Crippen molar-refractivity contribution >= 4 is 6.01 Å². The summed E-state index contributed by atoms with van der Waals surface area (Å²) < 4.78 is 5.49. The summed E-state index contributed by atoms with van der Waals surface area (Å²) in [5, 5.41) is 7.92. The van der Waals surface area contributed by atoms with E-state index in [2.05, 4.69) is 28.9 Å². The van der Waals surface area contributed by atoms with E-state index in [4.69, 9.17) is 10.2 Å². The van der Waals surface area contributed by atoms with Crippen LogP contribution in [0.4, 0.5) is 6.01 Å². The number of anilines is 1. The van der Waals surface area contributed by atoms with Crippen LogP contribution >= 0.6 is 0 Å². The Morgan fingerprint density at radius 3 is 2.27 bits per heavy atom. The number of nitrogens with zero attached hydrogens (tertiary/aromatic N) is 3. The highest BCUT2D eigenvalue weighted by Crippen LogP contribution is 2.16. The molecule has 1 heterocycles. The van der Waals surface area contributed by atoms with E-state index in [-0.39, 0.29) is 6.04 Å². The highest BCUT2D eigenvalue weighted by molar-refractivity contribution is 5.23. The van der Waals surface area contributed by atoms with Crippen LogP contribution in [-0.2, 0) is 0 Å². The van der Waals surface area contributed by atoms with Gasteiger partial charge >= 0.3 is 6.01 Å². The van der Waals surface area contributed by atoms with E-state index in [1.165, 1.54) is 0 Å². The lowest BCUT2D eigenvalue weighted by molar-refractivity contribution is 0.454. The number of hydrogen-bond donors (Lipinski definition) is 1. The van der Waals surface area contributed by atoms with Gasteiger partial charge in [0.1, 0.15) is 0 Å². The van der Waals surface area contributed by atoms with Crippen molar-refractivity contribution in [2.75, 3.05) is 18.0 Å². The largest absolute Gasteiger partial charge is 0.406 e. The van der Waals surface area contributed by atoms with Crippen LogP contribution in [-0.4, -0.2) is 23.3 Å². The summed E-state index contributed by atoms with van der Waals surface area (Å²) in [4.78, 5) is 2.10. The molecule has 0 bridgehead atoms. The normalized spacial score (nSPS) is 12.8. The van der Waals surface area contributed by atoms with Gasteiger partial charge in [-0.1, -0.05) is 18.9 Å². The van der Waals surface area contributed by atoms with Crippen molar-refractivity contribution in [3.63, 3.8) is 0 Å². The van der Waals surface area contributed by atoms with Crippen LogP contribution in [0.25, 0.3) is 0 Å². The fourth-order valence-electron chi connectivity index (χ4n) is 1.38. The molecule has 5 nitrogen and oxygen atoms in total. The van der Waals surface area contributed by atoms with E-state index in [0.717, 1.165) is 25.9 Å². The first-order valence-corrected chi connectivity index (χ1v) is 5.53. The fraction of sp³-hybridized carbons (Fsp3) is 0.800. The lowest BCUT2D eigenvalue weighted by Gasteiger charge is -2.17. The quantitative estimate of drug-likeness (QED) is 0.777. The predicted octanol–water partition coefficient (Wildman–Crippen LogP) is 1.72. The monoisotopic (exact) mass is 212 g/mol. The summed E-state index contributed by atoms with van der Waals surface area (Å²) in [6.07, 6.45) is 2.13. The molecule has 1 unspecified atom stereocenters. The molecular weight excluding hydrogens is 192 g/mol. The summed E-state index contributed by atoms with van der Waals surface area (Å²) in [7, 11) is 0. The van der Waals surface area contributed by atoms with Crippen LogP contribution in [0.5, 0.6) is 0 Å². The van der Waals surface area contributed by atoms with E-state index in [1.54, 1.807) is 0 Å². The van der Waals surface area contributed by atoms with Gasteiger partial charge in [0, 0.05) is 13.1 Å². The number of nitrogens with two attached hydrogens (primary N) is 1. The van der Waals surface area contributed by atoms with Gasteiger partial charge in [-0.15, -0.1) is 5.10 Å². The van der Waals surface area contributed by atoms with Gasteiger partial charge in [0.15, 0.2) is 0 Å². The number of rotatable bonds is 6. The van der Waals surface area contributed by atoms with Crippen LogP contribution in [0.15, 0.2) is 4.42 Å². The van der Waals surface area contributed by atoms with Crippen molar-refractivity contribution in [3.8, 4) is 0 Å². The Hall–Kier alpha value is -1.10. The van der Waals surface area contributed by atoms with Gasteiger partial charge in [-0.3, -0.25) is 0 Å². The average molecular weight is 212 g/mol. The van der Waals surface area contributed by atoms with Crippen molar-refractivity contribution < 1.29 is 4.42 Å². The van der Waals surface area contributed by atoms with Gasteiger partial charge < -0.3 is 15.1 Å². The second-order valence-corrected chi connectivity index (χ2v) is 3.70. The second kappa shape index (κ2) is 5.70. The molecular formula is C10H20N4O. The second-order valence-electron chi connectivity index (χ2n) is 3.70. The van der Waals surface area contributed by atoms with Crippen molar-refractivity contribution in [2.45, 2.75) is 39.7 Å². The molecule has 0 saturated carbocycles. The molecule has 0 aliphatic rings. The third-order valence-electron chi connectivity index (χ3n) is 2.08. The van der Waals surface area contributed by atoms with E-state index >= 15 is 0 Å². The zero-order valence-electron chi connectivity index (χ0n) is 9.73. The van der Waals surface area contributed by atoms with Crippen LogP contribution in [0.2, 0.25) is 0 Å². The summed E-state index contributed by atoms with van der Waals surface area (Å²) in [6, 6.07) is 0.391. The number of hydrogen-bond acceptors (Lipinski definition) is 5. The molecule has 0 aliphatic heterocycles. The molecule has 2 N–H and O–H groups in total. The lowest BCUT2D eigenvalue weighted by Crippen LogP contribution is -2.25. The average Bonchev–Trinajstić information content (AvgIpc) is 2.66. The molecule has 0 aliphatic carbocycles. The van der Waals surface area contributed by atoms with Crippen molar-refractivity contribution in [1.82, 2.24) is 10.2 Å². The summed E-state index contributed by atoms with van der Waals surface area (Å²) in [5.74, 6) is 0.502. The Balaban J connectivity index is 2.72. The Kier molecular flexibility index (Phi) is 4.55. The molecule has 1 atom stereocenters. The number of aromatic nitrogens is 2. The third-order valence-corrected chi connectivity index (χ3v) is 2.08. The van der Waals surface area contributed by atoms with Gasteiger partial charge in [0.2, 0.25) is 5.89 Å². The Bertz CT molecular complexity index is 279. The first kappa shape index (κ1) is 12.0. The summed E-state index contributed by atoms with van der Waals surface area (Å²) >= 11 is 0. The van der Waals surface area contributed by atoms with E-state index in [1.807, 2.05) is 6.92 Å². The molecule has 0 fully saturated rings. The van der Waals surface area contributed by atoms with Crippen LogP contribution in [0, 0.1) is 0 Å². The van der Waals surface area contributed by atoms with Crippen LogP contribution in [0.3, 0.4) is 0 Å². The minimum absolute atomic E-state index is 0.198. The Morgan fingerprint density at radius 1 is 1.27 bits per heavy atom. The SMILES string of the molecule is CCCN(CCC)c1nnc(C(C)N)o1. The van der Waals surface area contributed by atoms with Crippen LogP contribution in [0.1, 0.15) is 45.5 Å². The molecule has 0 radical (unpaired) electrons. The maximum absolute atomic E-state index is 5.66. The standard InChI is InChI=1S/C10H20N4O/c1-4-6-14(7-5-2)10-13-12-9(15-10)8(3)11/h8H,4-7,11H2,1-3H3. The topological polar surface area (TPSA) is 68.2 Å². The van der Waals surface area contributed by atoms with Gasteiger partial charge in [0.25, 0.3) is 0 Å². The molecule has 1 aromatic heterocycles. The van der Waals surface area contributed by atoms with Gasteiger partial charge in [-0.05, 0) is 19.8 Å². The van der Waals surface area contributed by atoms with E-state index < -0.39 is 0 Å². The van der Waals surface area contributed by atoms with Crippen molar-refractivity contribution in [1.29, 1.82) is 0 Å². The zero-order valence-corrected chi connectivity index (χ0v) is 9.73. The Morgan fingerprint density at radius 2 is 1.87 bits per heavy atom. The highest BCUT2D eigenvalue weighted by Gasteiger charge is 2.14. The summed E-state index contributed by atoms with van der Waals surface area (Å²) in [6.45, 7) is 7.97. The van der Waals surface area contributed by atoms with E-state index in [0.29, 0.717) is 11.9 Å². The first-order valence-electron chi connectivity index (χ1n) is 5.53. The highest BCUT2D eigenvalue weighted by atomic mass is 16.4. The fourth-order valence-corrected chi connectivity index (χ4v) is 1.38. The smallest absolute Gasteiger partial charge is 0.318 e. The van der Waals surface area contributed by atoms with Gasteiger partial charge in [-0.2, -0.15) is 0 Å². The Labute approximate surface area is 90.7 Å². The predicted molar refractivity (Wildman–Crippen MR) is 59.7 cm³/mol. The maximum atomic E-state index is 5.66. The van der Waals surface area contributed by atoms with Crippen molar-refractivity contribution in [2.24, 2.45) is 5.73 Å². The molecule has 0 aromatic carbocycles. The van der Waals surface area contributed by atoms with Crippen molar-refractivity contribution in [3.05, 3.63) is 5.89 Å². The van der Waals surface area contributed by atoms with Gasteiger partial charge in [-0.25, -0.2) is 0 Å². The van der Waals surface area contributed by atoms with Crippen LogP contribution < -0.4 is 10.6 Å².